The summed E-state index contributed by atoms with van der Waals surface area (Å²) in [5.74, 6) is 0.266. The van der Waals surface area contributed by atoms with Crippen molar-refractivity contribution < 1.29 is 9.90 Å². The first kappa shape index (κ1) is 14.5. The van der Waals surface area contributed by atoms with Crippen LogP contribution in [0.2, 0.25) is 5.02 Å². The number of amides is 1. The molecular weight excluding hydrogens is 316 g/mol. The van der Waals surface area contributed by atoms with Crippen molar-refractivity contribution in [1.29, 1.82) is 5.26 Å². The number of carbonyl (C=O) groups excluding carboxylic acids is 1. The largest absolute Gasteiger partial charge is 0.385 e. The average Bonchev–Trinajstić information content (AvgIpc) is 2.90. The Morgan fingerprint density at radius 2 is 2.26 bits per heavy atom. The maximum Gasteiger partial charge on any atom is 0.234 e. The third-order valence-electron chi connectivity index (χ3n) is 5.07. The van der Waals surface area contributed by atoms with E-state index in [1.807, 2.05) is 6.07 Å². The average molecular weight is 331 g/mol. The number of aromatic nitrogens is 2. The van der Waals surface area contributed by atoms with Crippen LogP contribution in [0.25, 0.3) is 10.9 Å². The molecule has 4 atom stereocenters. The Morgan fingerprint density at radius 3 is 2.96 bits per heavy atom. The van der Waals surface area contributed by atoms with Gasteiger partial charge in [-0.05, 0) is 42.4 Å². The van der Waals surface area contributed by atoms with Crippen LogP contribution in [-0.2, 0) is 10.4 Å². The van der Waals surface area contributed by atoms with Crippen LogP contribution in [0.15, 0.2) is 18.3 Å². The van der Waals surface area contributed by atoms with E-state index in [9.17, 15) is 9.90 Å². The van der Waals surface area contributed by atoms with Crippen molar-refractivity contribution in [3.05, 3.63) is 28.9 Å². The first-order valence-corrected chi connectivity index (χ1v) is 7.91. The zero-order chi connectivity index (χ0) is 16.2. The molecule has 0 bridgehead atoms. The smallest absolute Gasteiger partial charge is 0.234 e. The Labute approximate surface area is 137 Å². The molecule has 118 valence electrons. The lowest BCUT2D eigenvalue weighted by Gasteiger charge is -2.27. The molecule has 2 aromatic rings. The molecule has 0 saturated heterocycles. The Balaban J connectivity index is 1.55. The lowest BCUT2D eigenvalue weighted by molar-refractivity contribution is -0.120. The maximum absolute atomic E-state index is 11.5. The Hall–Kier alpha value is -2.10. The van der Waals surface area contributed by atoms with Crippen LogP contribution < -0.4 is 5.32 Å². The molecule has 0 aliphatic heterocycles. The highest BCUT2D eigenvalue weighted by atomic mass is 35.5. The fourth-order valence-electron chi connectivity index (χ4n) is 4.01. The molecule has 1 amide bonds. The molecule has 23 heavy (non-hydrogen) atoms. The Morgan fingerprint density at radius 1 is 1.52 bits per heavy atom. The summed E-state index contributed by atoms with van der Waals surface area (Å²) in [5, 5.41) is 30.9. The summed E-state index contributed by atoms with van der Waals surface area (Å²) in [7, 11) is 0. The predicted molar refractivity (Wildman–Crippen MR) is 83.4 cm³/mol. The molecule has 2 aliphatic rings. The molecule has 0 radical (unpaired) electrons. The first-order valence-electron chi connectivity index (χ1n) is 7.53. The van der Waals surface area contributed by atoms with E-state index in [0.29, 0.717) is 17.9 Å². The van der Waals surface area contributed by atoms with Crippen molar-refractivity contribution in [2.45, 2.75) is 30.9 Å². The SMILES string of the molecule is N#CCC(=O)N[C@H]1[C@@H]2C[C@](O)(c3cc(Cl)cc4[nH]ncc34)C[C@@H]21. The standard InChI is InChI=1S/C16H15ClN4O2/c17-8-3-12(11-7-19-21-13(11)4-8)16(23)5-9-10(6-16)15(9)20-14(22)1-2-18/h3-4,7,9-10,15,23H,1,5-6H2,(H,19,21)(H,20,22)/t9-,10+,15+,16-. The van der Waals surface area contributed by atoms with Gasteiger partial charge in [0.25, 0.3) is 0 Å². The Kier molecular flexibility index (Phi) is 3.12. The molecule has 4 rings (SSSR count). The lowest BCUT2D eigenvalue weighted by atomic mass is 9.86. The number of benzene rings is 1. The van der Waals surface area contributed by atoms with Gasteiger partial charge in [0.2, 0.25) is 5.91 Å². The van der Waals surface area contributed by atoms with Gasteiger partial charge in [0, 0.05) is 16.5 Å². The minimum absolute atomic E-state index is 0.0788. The van der Waals surface area contributed by atoms with Gasteiger partial charge in [-0.1, -0.05) is 11.6 Å². The van der Waals surface area contributed by atoms with Gasteiger partial charge in [0.15, 0.2) is 0 Å². The van der Waals surface area contributed by atoms with Crippen LogP contribution in [0, 0.1) is 23.2 Å². The topological polar surface area (TPSA) is 102 Å². The van der Waals surface area contributed by atoms with Gasteiger partial charge in [-0.25, -0.2) is 0 Å². The summed E-state index contributed by atoms with van der Waals surface area (Å²) in [4.78, 5) is 11.5. The highest BCUT2D eigenvalue weighted by Gasteiger charge is 2.62. The van der Waals surface area contributed by atoms with E-state index in [0.717, 1.165) is 16.5 Å². The van der Waals surface area contributed by atoms with Crippen molar-refractivity contribution in [2.75, 3.05) is 0 Å². The molecular formula is C16H15ClN4O2. The number of nitriles is 1. The van der Waals surface area contributed by atoms with Crippen LogP contribution in [0.1, 0.15) is 24.8 Å². The third kappa shape index (κ3) is 2.28. The number of hydrogen-bond acceptors (Lipinski definition) is 4. The summed E-state index contributed by atoms with van der Waals surface area (Å²) in [6, 6.07) is 5.51. The van der Waals surface area contributed by atoms with Gasteiger partial charge in [0.1, 0.15) is 6.42 Å². The number of hydrogen-bond donors (Lipinski definition) is 3. The zero-order valence-electron chi connectivity index (χ0n) is 12.2. The molecule has 0 unspecified atom stereocenters. The minimum atomic E-state index is -0.946. The van der Waals surface area contributed by atoms with Gasteiger partial charge >= 0.3 is 0 Å². The highest BCUT2D eigenvalue weighted by molar-refractivity contribution is 6.31. The number of nitrogens with one attached hydrogen (secondary N) is 2. The summed E-state index contributed by atoms with van der Waals surface area (Å²) < 4.78 is 0. The zero-order valence-corrected chi connectivity index (χ0v) is 13.0. The number of nitrogens with zero attached hydrogens (tertiary/aromatic N) is 2. The molecule has 0 spiro atoms. The molecule has 1 aromatic carbocycles. The van der Waals surface area contributed by atoms with Gasteiger partial charge in [-0.15, -0.1) is 0 Å². The number of halogens is 1. The van der Waals surface area contributed by atoms with Crippen LogP contribution >= 0.6 is 11.6 Å². The number of aromatic amines is 1. The normalized spacial score (nSPS) is 31.6. The molecule has 2 fully saturated rings. The summed E-state index contributed by atoms with van der Waals surface area (Å²) in [5.41, 5.74) is 0.655. The van der Waals surface area contributed by atoms with Gasteiger partial charge in [0.05, 0.1) is 23.4 Å². The summed E-state index contributed by atoms with van der Waals surface area (Å²) in [6.45, 7) is 0. The van der Waals surface area contributed by atoms with Crippen molar-refractivity contribution in [3.8, 4) is 6.07 Å². The number of aliphatic hydroxyl groups is 1. The van der Waals surface area contributed by atoms with Crippen molar-refractivity contribution in [1.82, 2.24) is 15.5 Å². The second-order valence-corrected chi connectivity index (χ2v) is 6.92. The summed E-state index contributed by atoms with van der Waals surface area (Å²) in [6.07, 6.45) is 2.74. The maximum atomic E-state index is 11.5. The van der Waals surface area contributed by atoms with E-state index in [1.54, 1.807) is 18.3 Å². The number of fused-ring (bicyclic) bond motifs is 2. The van der Waals surface area contributed by atoms with E-state index >= 15 is 0 Å². The predicted octanol–water partition coefficient (Wildman–Crippen LogP) is 1.84. The number of H-pyrrole nitrogens is 1. The second kappa shape index (κ2) is 4.95. The molecule has 1 aromatic heterocycles. The fourth-order valence-corrected chi connectivity index (χ4v) is 4.23. The fraction of sp³-hybridized carbons (Fsp3) is 0.438. The first-order chi connectivity index (χ1) is 11.0. The van der Waals surface area contributed by atoms with E-state index in [1.165, 1.54) is 0 Å². The van der Waals surface area contributed by atoms with Gasteiger partial charge in [-0.3, -0.25) is 9.89 Å². The molecule has 1 heterocycles. The number of carbonyl (C=O) groups is 1. The molecule has 6 nitrogen and oxygen atoms in total. The van der Waals surface area contributed by atoms with E-state index in [-0.39, 0.29) is 30.2 Å². The molecule has 3 N–H and O–H groups in total. The van der Waals surface area contributed by atoms with Crippen LogP contribution in [0.3, 0.4) is 0 Å². The molecule has 2 saturated carbocycles. The molecule has 7 heteroatoms. The quantitative estimate of drug-likeness (QED) is 0.799. The van der Waals surface area contributed by atoms with E-state index in [4.69, 9.17) is 16.9 Å². The lowest BCUT2D eigenvalue weighted by Crippen LogP contribution is -2.33. The van der Waals surface area contributed by atoms with Crippen molar-refractivity contribution >= 4 is 28.4 Å². The second-order valence-electron chi connectivity index (χ2n) is 6.48. The van der Waals surface area contributed by atoms with Crippen LogP contribution in [0.5, 0.6) is 0 Å². The molecule has 2 aliphatic carbocycles. The van der Waals surface area contributed by atoms with Crippen molar-refractivity contribution in [2.24, 2.45) is 11.8 Å². The minimum Gasteiger partial charge on any atom is -0.385 e. The number of rotatable bonds is 3. The van der Waals surface area contributed by atoms with Gasteiger partial charge in [-0.2, -0.15) is 10.4 Å². The highest BCUT2D eigenvalue weighted by Crippen LogP contribution is 2.60. The van der Waals surface area contributed by atoms with Crippen LogP contribution in [0.4, 0.5) is 0 Å². The third-order valence-corrected chi connectivity index (χ3v) is 5.29. The Bertz CT molecular complexity index is 828. The van der Waals surface area contributed by atoms with Crippen LogP contribution in [-0.4, -0.2) is 27.3 Å². The van der Waals surface area contributed by atoms with Gasteiger partial charge < -0.3 is 10.4 Å². The van der Waals surface area contributed by atoms with E-state index < -0.39 is 5.60 Å². The van der Waals surface area contributed by atoms with E-state index in [2.05, 4.69) is 15.5 Å². The summed E-state index contributed by atoms with van der Waals surface area (Å²) >= 11 is 6.15. The van der Waals surface area contributed by atoms with Crippen molar-refractivity contribution in [3.63, 3.8) is 0 Å². The monoisotopic (exact) mass is 330 g/mol.